The summed E-state index contributed by atoms with van der Waals surface area (Å²) in [5, 5.41) is 10.1. The van der Waals surface area contributed by atoms with Crippen LogP contribution in [-0.4, -0.2) is 54.0 Å². The molecule has 0 unspecified atom stereocenters. The molecule has 92 valence electrons. The summed E-state index contributed by atoms with van der Waals surface area (Å²) in [6.45, 7) is 3.11. The first-order valence-electron chi connectivity index (χ1n) is 5.54. The fourth-order valence-corrected chi connectivity index (χ4v) is 2.03. The van der Waals surface area contributed by atoms with Crippen molar-refractivity contribution in [2.24, 2.45) is 0 Å². The van der Waals surface area contributed by atoms with E-state index < -0.39 is 0 Å². The van der Waals surface area contributed by atoms with Crippen molar-refractivity contribution in [2.45, 2.75) is 0 Å². The van der Waals surface area contributed by atoms with Gasteiger partial charge in [0.2, 0.25) is 0 Å². The molecule has 1 N–H and O–H groups in total. The van der Waals surface area contributed by atoms with Crippen LogP contribution >= 0.6 is 11.6 Å². The number of aromatic hydroxyl groups is 1. The Morgan fingerprint density at radius 2 is 1.94 bits per heavy atom. The molecule has 0 saturated carbocycles. The molecule has 1 aromatic carbocycles. The van der Waals surface area contributed by atoms with Gasteiger partial charge in [0.05, 0.1) is 5.56 Å². The van der Waals surface area contributed by atoms with Gasteiger partial charge < -0.3 is 14.9 Å². The van der Waals surface area contributed by atoms with Crippen LogP contribution in [0.25, 0.3) is 0 Å². The Kier molecular flexibility index (Phi) is 3.54. The van der Waals surface area contributed by atoms with Gasteiger partial charge in [0.1, 0.15) is 5.75 Å². The van der Waals surface area contributed by atoms with E-state index >= 15 is 0 Å². The molecule has 17 heavy (non-hydrogen) atoms. The van der Waals surface area contributed by atoms with Gasteiger partial charge in [-0.15, -0.1) is 0 Å². The first kappa shape index (κ1) is 12.2. The number of likely N-dealkylation sites (N-methyl/N-ethyl adjacent to an activating group) is 1. The fourth-order valence-electron chi connectivity index (χ4n) is 1.87. The normalized spacial score (nSPS) is 17.2. The predicted molar refractivity (Wildman–Crippen MR) is 66.5 cm³/mol. The van der Waals surface area contributed by atoms with Gasteiger partial charge in [-0.2, -0.15) is 0 Å². The quantitative estimate of drug-likeness (QED) is 0.825. The van der Waals surface area contributed by atoms with E-state index in [4.69, 9.17) is 11.6 Å². The third-order valence-corrected chi connectivity index (χ3v) is 3.22. The van der Waals surface area contributed by atoms with Crippen molar-refractivity contribution in [3.8, 4) is 5.75 Å². The van der Waals surface area contributed by atoms with Crippen LogP contribution in [0, 0.1) is 0 Å². The van der Waals surface area contributed by atoms with Crippen molar-refractivity contribution in [3.05, 3.63) is 28.8 Å². The first-order chi connectivity index (χ1) is 8.08. The van der Waals surface area contributed by atoms with Gasteiger partial charge in [0.25, 0.3) is 5.91 Å². The summed E-state index contributed by atoms with van der Waals surface area (Å²) in [6.07, 6.45) is 0. The molecule has 0 spiro atoms. The third-order valence-electron chi connectivity index (χ3n) is 2.98. The third kappa shape index (κ3) is 2.70. The van der Waals surface area contributed by atoms with Crippen LogP contribution in [0.4, 0.5) is 0 Å². The minimum atomic E-state index is -0.132. The SMILES string of the molecule is CN1CCN(C(=O)c2ccc(Cl)cc2O)CC1. The van der Waals surface area contributed by atoms with Gasteiger partial charge in [-0.05, 0) is 25.2 Å². The van der Waals surface area contributed by atoms with E-state index in [1.54, 1.807) is 17.0 Å². The van der Waals surface area contributed by atoms with E-state index in [-0.39, 0.29) is 11.7 Å². The van der Waals surface area contributed by atoms with E-state index in [0.29, 0.717) is 23.7 Å². The largest absolute Gasteiger partial charge is 0.507 e. The van der Waals surface area contributed by atoms with Crippen molar-refractivity contribution < 1.29 is 9.90 Å². The highest BCUT2D eigenvalue weighted by molar-refractivity contribution is 6.30. The number of benzene rings is 1. The molecule has 0 bridgehead atoms. The van der Waals surface area contributed by atoms with Crippen LogP contribution in [-0.2, 0) is 0 Å². The summed E-state index contributed by atoms with van der Waals surface area (Å²) in [7, 11) is 2.03. The Balaban J connectivity index is 2.14. The smallest absolute Gasteiger partial charge is 0.257 e. The zero-order chi connectivity index (χ0) is 12.4. The van der Waals surface area contributed by atoms with E-state index in [0.717, 1.165) is 13.1 Å². The molecule has 0 atom stereocenters. The van der Waals surface area contributed by atoms with Gasteiger partial charge in [0, 0.05) is 31.2 Å². The monoisotopic (exact) mass is 254 g/mol. The molecule has 1 fully saturated rings. The van der Waals surface area contributed by atoms with E-state index in [9.17, 15) is 9.90 Å². The Labute approximate surface area is 105 Å². The molecule has 1 saturated heterocycles. The standard InChI is InChI=1S/C12H15ClN2O2/c1-14-4-6-15(7-5-14)12(17)10-3-2-9(13)8-11(10)16/h2-3,8,16H,4-7H2,1H3. The van der Waals surface area contributed by atoms with Crippen molar-refractivity contribution in [2.75, 3.05) is 33.2 Å². The molecule has 1 aromatic rings. The predicted octanol–water partition coefficient (Wildman–Crippen LogP) is 1.43. The maximum Gasteiger partial charge on any atom is 0.257 e. The molecular weight excluding hydrogens is 240 g/mol. The van der Waals surface area contributed by atoms with Crippen molar-refractivity contribution in [1.82, 2.24) is 9.80 Å². The lowest BCUT2D eigenvalue weighted by Gasteiger charge is -2.32. The van der Waals surface area contributed by atoms with Crippen LogP contribution in [0.5, 0.6) is 5.75 Å². The van der Waals surface area contributed by atoms with Crippen LogP contribution < -0.4 is 0 Å². The summed E-state index contributed by atoms with van der Waals surface area (Å²) in [5.74, 6) is -0.186. The molecule has 0 radical (unpaired) electrons. The molecule has 5 heteroatoms. The Hall–Kier alpha value is -1.26. The highest BCUT2D eigenvalue weighted by Crippen LogP contribution is 2.23. The summed E-state index contributed by atoms with van der Waals surface area (Å²) < 4.78 is 0. The summed E-state index contributed by atoms with van der Waals surface area (Å²) >= 11 is 5.73. The molecule has 1 aliphatic rings. The summed E-state index contributed by atoms with van der Waals surface area (Å²) in [4.78, 5) is 16.1. The number of halogens is 1. The number of phenolic OH excluding ortho intramolecular Hbond substituents is 1. The summed E-state index contributed by atoms with van der Waals surface area (Å²) in [6, 6.07) is 4.58. The number of piperazine rings is 1. The second-order valence-corrected chi connectivity index (χ2v) is 4.69. The number of carbonyl (C=O) groups excluding carboxylic acids is 1. The van der Waals surface area contributed by atoms with Crippen LogP contribution in [0.3, 0.4) is 0 Å². The lowest BCUT2D eigenvalue weighted by molar-refractivity contribution is 0.0661. The summed E-state index contributed by atoms with van der Waals surface area (Å²) in [5.41, 5.74) is 0.318. The Morgan fingerprint density at radius 3 is 2.53 bits per heavy atom. The van der Waals surface area contributed by atoms with Crippen molar-refractivity contribution >= 4 is 17.5 Å². The average molecular weight is 255 g/mol. The Morgan fingerprint density at radius 1 is 1.29 bits per heavy atom. The average Bonchev–Trinajstić information content (AvgIpc) is 2.29. The number of carbonyl (C=O) groups is 1. The van der Waals surface area contributed by atoms with Crippen LogP contribution in [0.2, 0.25) is 5.02 Å². The highest BCUT2D eigenvalue weighted by atomic mass is 35.5. The van der Waals surface area contributed by atoms with Crippen molar-refractivity contribution in [1.29, 1.82) is 0 Å². The van der Waals surface area contributed by atoms with Crippen LogP contribution in [0.1, 0.15) is 10.4 Å². The number of hydrogen-bond donors (Lipinski definition) is 1. The van der Waals surface area contributed by atoms with Crippen molar-refractivity contribution in [3.63, 3.8) is 0 Å². The van der Waals surface area contributed by atoms with Gasteiger partial charge in [-0.3, -0.25) is 4.79 Å². The molecule has 1 heterocycles. The minimum absolute atomic E-state index is 0.0542. The van der Waals surface area contributed by atoms with E-state index in [1.165, 1.54) is 6.07 Å². The fraction of sp³-hybridized carbons (Fsp3) is 0.417. The zero-order valence-corrected chi connectivity index (χ0v) is 10.4. The minimum Gasteiger partial charge on any atom is -0.507 e. The lowest BCUT2D eigenvalue weighted by atomic mass is 10.1. The van der Waals surface area contributed by atoms with E-state index in [2.05, 4.69) is 4.90 Å². The molecule has 4 nitrogen and oxygen atoms in total. The first-order valence-corrected chi connectivity index (χ1v) is 5.92. The number of phenols is 1. The van der Waals surface area contributed by atoms with Gasteiger partial charge in [-0.1, -0.05) is 11.6 Å². The second-order valence-electron chi connectivity index (χ2n) is 4.26. The maximum absolute atomic E-state index is 12.1. The van der Waals surface area contributed by atoms with Gasteiger partial charge in [-0.25, -0.2) is 0 Å². The number of rotatable bonds is 1. The molecule has 2 rings (SSSR count). The van der Waals surface area contributed by atoms with Crippen LogP contribution in [0.15, 0.2) is 18.2 Å². The Bertz CT molecular complexity index is 429. The number of amides is 1. The molecule has 1 amide bonds. The lowest BCUT2D eigenvalue weighted by Crippen LogP contribution is -2.47. The van der Waals surface area contributed by atoms with Gasteiger partial charge >= 0.3 is 0 Å². The van der Waals surface area contributed by atoms with E-state index in [1.807, 2.05) is 7.05 Å². The molecule has 0 aromatic heterocycles. The molecule has 0 aliphatic carbocycles. The number of nitrogens with zero attached hydrogens (tertiary/aromatic N) is 2. The molecular formula is C12H15ClN2O2. The zero-order valence-electron chi connectivity index (χ0n) is 9.69. The van der Waals surface area contributed by atoms with Gasteiger partial charge in [0.15, 0.2) is 0 Å². The number of hydrogen-bond acceptors (Lipinski definition) is 3. The highest BCUT2D eigenvalue weighted by Gasteiger charge is 2.22. The molecule has 1 aliphatic heterocycles. The topological polar surface area (TPSA) is 43.8 Å². The second kappa shape index (κ2) is 4.94. The maximum atomic E-state index is 12.1.